The van der Waals surface area contributed by atoms with Gasteiger partial charge in [-0.15, -0.1) is 0 Å². The molecule has 5 atom stereocenters. The van der Waals surface area contributed by atoms with Crippen molar-refractivity contribution >= 4 is 28.2 Å². The molecule has 4 heterocycles. The zero-order valence-electron chi connectivity index (χ0n) is 18.2. The lowest BCUT2D eigenvalue weighted by Crippen LogP contribution is -2.46. The van der Waals surface area contributed by atoms with E-state index in [0.29, 0.717) is 4.88 Å². The maximum atomic E-state index is 12.3. The Morgan fingerprint density at radius 2 is 1.94 bits per heavy atom. The summed E-state index contributed by atoms with van der Waals surface area (Å²) in [5.41, 5.74) is 3.43. The monoisotopic (exact) mass is 507 g/mol. The molecule has 35 heavy (non-hydrogen) atoms. The third-order valence-electron chi connectivity index (χ3n) is 5.74. The second kappa shape index (κ2) is 8.77. The average Bonchev–Trinajstić information content (AvgIpc) is 3.47. The van der Waals surface area contributed by atoms with Gasteiger partial charge in [-0.2, -0.15) is 4.98 Å². The third kappa shape index (κ3) is 4.14. The highest BCUT2D eigenvalue weighted by molar-refractivity contribution is 7.15. The molecule has 16 nitrogen and oxygen atoms in total. The molecule has 0 saturated carbocycles. The number of nitro groups is 2. The first-order valence-corrected chi connectivity index (χ1v) is 10.7. The van der Waals surface area contributed by atoms with Crippen LogP contribution in [0.5, 0.6) is 0 Å². The normalized spacial score (nSPS) is 23.8. The zero-order valence-corrected chi connectivity index (χ0v) is 19.0. The van der Waals surface area contributed by atoms with E-state index in [-0.39, 0.29) is 16.6 Å². The molecule has 1 aliphatic rings. The summed E-state index contributed by atoms with van der Waals surface area (Å²) in [5.74, 6) is -0.554. The Labute approximate surface area is 199 Å². The van der Waals surface area contributed by atoms with Crippen LogP contribution in [0, 0.1) is 26.6 Å². The molecule has 0 aromatic carbocycles. The number of hydrogen-bond acceptors (Lipinski definition) is 13. The highest BCUT2D eigenvalue weighted by Crippen LogP contribution is 2.45. The van der Waals surface area contributed by atoms with Crippen LogP contribution < -0.4 is 11.4 Å². The van der Waals surface area contributed by atoms with Crippen molar-refractivity contribution < 1.29 is 24.8 Å². The second-order valence-electron chi connectivity index (χ2n) is 7.96. The standard InChI is InChI=1S/C18H19N8O8S/c1-18(5-8-6-21-17(35-8)26(32)33,9-7-20-15(23(9)2)25(30)31)13-11(27)12(28)14(34-13)24-4-3-10(19)22-16(24)29/h3-7,11-14,27-28H,1-2H3,(H2,19,22,29)/t11-,12-,13-,14+,18?/m0/s1. The largest absolute Gasteiger partial charge is 0.434 e. The molecular weight excluding hydrogens is 488 g/mol. The number of thiazole rings is 1. The maximum Gasteiger partial charge on any atom is 0.434 e. The lowest BCUT2D eigenvalue weighted by atomic mass is 9.75. The molecule has 4 rings (SSSR count). The fourth-order valence-corrected chi connectivity index (χ4v) is 4.90. The molecule has 1 radical (unpaired) electrons. The lowest BCUT2D eigenvalue weighted by molar-refractivity contribution is -0.396. The number of anilines is 1. The molecule has 0 spiro atoms. The van der Waals surface area contributed by atoms with E-state index in [0.717, 1.165) is 15.9 Å². The van der Waals surface area contributed by atoms with Gasteiger partial charge in [-0.1, -0.05) is 4.98 Å². The Hall–Kier alpha value is -3.80. The van der Waals surface area contributed by atoms with Crippen molar-refractivity contribution in [2.24, 2.45) is 7.05 Å². The van der Waals surface area contributed by atoms with Gasteiger partial charge in [-0.05, 0) is 39.2 Å². The highest BCUT2D eigenvalue weighted by atomic mass is 32.1. The van der Waals surface area contributed by atoms with E-state index >= 15 is 0 Å². The molecule has 1 fully saturated rings. The fourth-order valence-electron chi connectivity index (χ4n) is 4.10. The Morgan fingerprint density at radius 1 is 1.23 bits per heavy atom. The first-order valence-electron chi connectivity index (χ1n) is 9.93. The summed E-state index contributed by atoms with van der Waals surface area (Å²) in [5, 5.41) is 43.8. The summed E-state index contributed by atoms with van der Waals surface area (Å²) in [6.07, 6.45) is -0.698. The number of nitrogens with two attached hydrogens (primary N) is 1. The van der Waals surface area contributed by atoms with Crippen molar-refractivity contribution in [3.8, 4) is 0 Å². The van der Waals surface area contributed by atoms with Crippen LogP contribution in [-0.2, 0) is 17.2 Å². The van der Waals surface area contributed by atoms with Gasteiger partial charge in [0.05, 0.1) is 17.3 Å². The molecule has 3 aromatic rings. The molecule has 4 N–H and O–H groups in total. The minimum absolute atomic E-state index is 0.0528. The minimum atomic E-state index is -1.60. The average molecular weight is 507 g/mol. The van der Waals surface area contributed by atoms with E-state index in [2.05, 4.69) is 15.0 Å². The van der Waals surface area contributed by atoms with Crippen molar-refractivity contribution in [3.05, 3.63) is 72.4 Å². The van der Waals surface area contributed by atoms with E-state index < -0.39 is 51.4 Å². The summed E-state index contributed by atoms with van der Waals surface area (Å²) in [7, 11) is 1.38. The molecule has 3 aromatic heterocycles. The summed E-state index contributed by atoms with van der Waals surface area (Å²) >= 11 is 0.735. The quantitative estimate of drug-likeness (QED) is 0.276. The topological polar surface area (TPSA) is 228 Å². The molecule has 1 saturated heterocycles. The number of imidazole rings is 1. The number of rotatable bonds is 7. The van der Waals surface area contributed by atoms with Crippen LogP contribution in [0.25, 0.3) is 0 Å². The van der Waals surface area contributed by atoms with Gasteiger partial charge in [-0.25, -0.2) is 9.36 Å². The van der Waals surface area contributed by atoms with Crippen LogP contribution in [0.3, 0.4) is 0 Å². The lowest BCUT2D eigenvalue weighted by Gasteiger charge is -2.34. The minimum Gasteiger partial charge on any atom is -0.390 e. The van der Waals surface area contributed by atoms with Crippen LogP contribution in [0.2, 0.25) is 0 Å². The van der Waals surface area contributed by atoms with Crippen molar-refractivity contribution in [2.45, 2.75) is 36.9 Å². The van der Waals surface area contributed by atoms with Crippen LogP contribution in [-0.4, -0.2) is 62.5 Å². The molecular formula is C18H19N8O8S. The highest BCUT2D eigenvalue weighted by Gasteiger charge is 2.55. The van der Waals surface area contributed by atoms with Crippen LogP contribution in [0.1, 0.15) is 23.7 Å². The van der Waals surface area contributed by atoms with Crippen LogP contribution in [0.15, 0.2) is 29.5 Å². The van der Waals surface area contributed by atoms with Gasteiger partial charge in [0.15, 0.2) is 12.4 Å². The van der Waals surface area contributed by atoms with E-state index in [1.807, 2.05) is 0 Å². The van der Waals surface area contributed by atoms with Crippen molar-refractivity contribution in [1.82, 2.24) is 24.1 Å². The SMILES string of the molecule is Cn1c(C(C)([CH]c2cnc([N+](=O)[O-])s2)[C@H]2O[C@@H](n3ccc(N)nc3=O)[C@@H](O)[C@@H]2O)cnc1[N+](=O)[O-]. The van der Waals surface area contributed by atoms with Crippen LogP contribution >= 0.6 is 11.3 Å². The van der Waals surface area contributed by atoms with Crippen LogP contribution in [0.4, 0.5) is 16.9 Å². The van der Waals surface area contributed by atoms with E-state index in [9.17, 15) is 35.2 Å². The van der Waals surface area contributed by atoms with E-state index in [1.54, 1.807) is 6.92 Å². The summed E-state index contributed by atoms with van der Waals surface area (Å²) < 4.78 is 8.07. The molecule has 17 heteroatoms. The summed E-state index contributed by atoms with van der Waals surface area (Å²) in [6, 6.07) is 1.31. The molecule has 1 aliphatic heterocycles. The molecule has 185 valence electrons. The second-order valence-corrected chi connectivity index (χ2v) is 9.00. The number of hydrogen-bond donors (Lipinski definition) is 3. The Bertz CT molecular complexity index is 1350. The molecule has 0 amide bonds. The number of aliphatic hydroxyl groups excluding tert-OH is 2. The third-order valence-corrected chi connectivity index (χ3v) is 6.64. The number of nitrogen functional groups attached to an aromatic ring is 1. The van der Waals surface area contributed by atoms with E-state index in [4.69, 9.17) is 10.5 Å². The Kier molecular flexibility index (Phi) is 6.09. The number of nitrogens with zero attached hydrogens (tertiary/aromatic N) is 7. The van der Waals surface area contributed by atoms with Gasteiger partial charge in [0.25, 0.3) is 0 Å². The van der Waals surface area contributed by atoms with Gasteiger partial charge in [0, 0.05) is 12.6 Å². The van der Waals surface area contributed by atoms with Crippen molar-refractivity contribution in [3.63, 3.8) is 0 Å². The van der Waals surface area contributed by atoms with Crippen molar-refractivity contribution in [2.75, 3.05) is 5.73 Å². The number of aliphatic hydroxyl groups is 2. The van der Waals surface area contributed by atoms with Gasteiger partial charge >= 0.3 is 16.8 Å². The predicted octanol–water partition coefficient (Wildman–Crippen LogP) is -0.338. The number of ether oxygens (including phenoxy) is 1. The van der Waals surface area contributed by atoms with E-state index in [1.165, 1.54) is 42.7 Å². The summed E-state index contributed by atoms with van der Waals surface area (Å²) in [4.78, 5) is 44.9. The zero-order chi connectivity index (χ0) is 25.7. The smallest absolute Gasteiger partial charge is 0.390 e. The molecule has 0 bridgehead atoms. The first-order chi connectivity index (χ1) is 16.4. The van der Waals surface area contributed by atoms with Gasteiger partial charge < -0.3 is 40.9 Å². The Morgan fingerprint density at radius 3 is 2.51 bits per heavy atom. The molecule has 1 unspecified atom stereocenters. The van der Waals surface area contributed by atoms with Gasteiger partial charge in [-0.3, -0.25) is 4.57 Å². The first kappa shape index (κ1) is 24.3. The summed E-state index contributed by atoms with van der Waals surface area (Å²) in [6.45, 7) is 1.55. The molecule has 0 aliphatic carbocycles. The Balaban J connectivity index is 1.80. The van der Waals surface area contributed by atoms with Gasteiger partial charge in [0.1, 0.15) is 36.0 Å². The fraction of sp³-hybridized carbons (Fsp3) is 0.389. The van der Waals surface area contributed by atoms with Gasteiger partial charge in [0.2, 0.25) is 0 Å². The van der Waals surface area contributed by atoms with Crippen molar-refractivity contribution in [1.29, 1.82) is 0 Å². The number of aromatic nitrogens is 5. The predicted molar refractivity (Wildman–Crippen MR) is 118 cm³/mol. The maximum absolute atomic E-state index is 12.3.